The molecule has 1 aromatic carbocycles. The summed E-state index contributed by atoms with van der Waals surface area (Å²) in [6, 6.07) is 9.73. The van der Waals surface area contributed by atoms with Gasteiger partial charge in [0.15, 0.2) is 5.75 Å². The first kappa shape index (κ1) is 13.5. The summed E-state index contributed by atoms with van der Waals surface area (Å²) in [6.45, 7) is 4.28. The molecule has 0 aliphatic heterocycles. The average molecular weight is 272 g/mol. The zero-order valence-electron chi connectivity index (χ0n) is 11.0. The van der Waals surface area contributed by atoms with E-state index in [-0.39, 0.29) is 0 Å². The zero-order chi connectivity index (χ0) is 13.8. The van der Waals surface area contributed by atoms with E-state index in [1.165, 1.54) is 5.56 Å². The van der Waals surface area contributed by atoms with Gasteiger partial charge in [-0.1, -0.05) is 38.2 Å². The molecule has 0 bridgehead atoms. The van der Waals surface area contributed by atoms with Crippen molar-refractivity contribution in [2.24, 2.45) is 5.73 Å². The summed E-state index contributed by atoms with van der Waals surface area (Å²) in [7, 11) is 0. The Hall–Kier alpha value is -1.94. The summed E-state index contributed by atoms with van der Waals surface area (Å²) in [5.41, 5.74) is 7.59. The van der Waals surface area contributed by atoms with Crippen LogP contribution in [0.25, 0.3) is 0 Å². The number of hydrogen-bond donors (Lipinski definition) is 1. The second-order valence-corrected chi connectivity index (χ2v) is 5.01. The fraction of sp³-hybridized carbons (Fsp3) is 0.200. The van der Waals surface area contributed by atoms with Gasteiger partial charge in [-0.3, -0.25) is 4.98 Å². The van der Waals surface area contributed by atoms with Crippen LogP contribution in [0.3, 0.4) is 0 Å². The average Bonchev–Trinajstić information content (AvgIpc) is 2.39. The normalized spacial score (nSPS) is 10.5. The smallest absolute Gasteiger partial charge is 0.155 e. The lowest BCUT2D eigenvalue weighted by molar-refractivity contribution is 0.478. The second-order valence-electron chi connectivity index (χ2n) is 4.57. The van der Waals surface area contributed by atoms with Crippen LogP contribution in [0.5, 0.6) is 11.5 Å². The summed E-state index contributed by atoms with van der Waals surface area (Å²) >= 11 is 5.00. The third-order valence-electron chi connectivity index (χ3n) is 2.80. The standard InChI is InChI=1S/C15H16N2OS/c1-10(2)11-4-3-5-12(8-11)18-14-9-17-7-6-13(14)15(16)19/h3-10H,1-2H3,(H2,16,19). The minimum atomic E-state index is 0.303. The highest BCUT2D eigenvalue weighted by atomic mass is 32.1. The number of pyridine rings is 1. The van der Waals surface area contributed by atoms with E-state index in [9.17, 15) is 0 Å². The molecule has 0 aliphatic carbocycles. The molecule has 2 N–H and O–H groups in total. The second kappa shape index (κ2) is 5.80. The Bertz CT molecular complexity index is 596. The fourth-order valence-electron chi connectivity index (χ4n) is 1.73. The first-order valence-corrected chi connectivity index (χ1v) is 6.50. The van der Waals surface area contributed by atoms with Crippen molar-refractivity contribution in [3.63, 3.8) is 0 Å². The van der Waals surface area contributed by atoms with Crippen molar-refractivity contribution in [1.29, 1.82) is 0 Å². The van der Waals surface area contributed by atoms with Gasteiger partial charge in [0.25, 0.3) is 0 Å². The lowest BCUT2D eigenvalue weighted by atomic mass is 10.0. The molecule has 1 aromatic heterocycles. The van der Waals surface area contributed by atoms with E-state index in [2.05, 4.69) is 24.9 Å². The lowest BCUT2D eigenvalue weighted by Crippen LogP contribution is -2.10. The van der Waals surface area contributed by atoms with Gasteiger partial charge >= 0.3 is 0 Å². The number of hydrogen-bond acceptors (Lipinski definition) is 3. The topological polar surface area (TPSA) is 48.1 Å². The van der Waals surface area contributed by atoms with Gasteiger partial charge in [0.05, 0.1) is 11.8 Å². The minimum absolute atomic E-state index is 0.303. The van der Waals surface area contributed by atoms with Crippen molar-refractivity contribution < 1.29 is 4.74 Å². The predicted molar refractivity (Wildman–Crippen MR) is 80.7 cm³/mol. The number of aromatic nitrogens is 1. The van der Waals surface area contributed by atoms with E-state index >= 15 is 0 Å². The molecule has 2 aromatic rings. The van der Waals surface area contributed by atoms with E-state index in [1.807, 2.05) is 18.2 Å². The molecular weight excluding hydrogens is 256 g/mol. The maximum absolute atomic E-state index is 5.83. The van der Waals surface area contributed by atoms with Crippen LogP contribution in [0.1, 0.15) is 30.9 Å². The van der Waals surface area contributed by atoms with Crippen LogP contribution in [0, 0.1) is 0 Å². The van der Waals surface area contributed by atoms with Crippen molar-refractivity contribution in [3.05, 3.63) is 53.9 Å². The molecule has 0 radical (unpaired) electrons. The number of nitrogens with zero attached hydrogens (tertiary/aromatic N) is 1. The lowest BCUT2D eigenvalue weighted by Gasteiger charge is -2.11. The maximum atomic E-state index is 5.83. The van der Waals surface area contributed by atoms with Crippen molar-refractivity contribution in [2.75, 3.05) is 0 Å². The number of ether oxygens (including phenoxy) is 1. The molecular formula is C15H16N2OS. The molecule has 3 nitrogen and oxygen atoms in total. The summed E-state index contributed by atoms with van der Waals surface area (Å²) in [4.78, 5) is 4.34. The monoisotopic (exact) mass is 272 g/mol. The number of nitrogens with two attached hydrogens (primary N) is 1. The Labute approximate surface area is 118 Å². The van der Waals surface area contributed by atoms with Crippen LogP contribution >= 0.6 is 12.2 Å². The Morgan fingerprint density at radius 1 is 1.32 bits per heavy atom. The van der Waals surface area contributed by atoms with Crippen LogP contribution in [0.15, 0.2) is 42.7 Å². The van der Waals surface area contributed by atoms with Gasteiger partial charge in [-0.15, -0.1) is 0 Å². The van der Waals surface area contributed by atoms with Gasteiger partial charge in [0, 0.05) is 6.20 Å². The molecule has 0 unspecified atom stereocenters. The number of rotatable bonds is 4. The number of thiocarbonyl (C=S) groups is 1. The van der Waals surface area contributed by atoms with Crippen LogP contribution in [0.4, 0.5) is 0 Å². The van der Waals surface area contributed by atoms with Gasteiger partial charge in [0.2, 0.25) is 0 Å². The highest BCUT2D eigenvalue weighted by molar-refractivity contribution is 7.80. The zero-order valence-corrected chi connectivity index (χ0v) is 11.8. The molecule has 19 heavy (non-hydrogen) atoms. The molecule has 0 spiro atoms. The summed E-state index contributed by atoms with van der Waals surface area (Å²) in [5, 5.41) is 0. The molecule has 0 aliphatic rings. The highest BCUT2D eigenvalue weighted by Crippen LogP contribution is 2.27. The Balaban J connectivity index is 2.31. The van der Waals surface area contributed by atoms with E-state index in [4.69, 9.17) is 22.7 Å². The van der Waals surface area contributed by atoms with E-state index < -0.39 is 0 Å². The molecule has 0 amide bonds. The maximum Gasteiger partial charge on any atom is 0.155 e. The largest absolute Gasteiger partial charge is 0.455 e. The van der Waals surface area contributed by atoms with E-state index in [0.29, 0.717) is 22.2 Å². The van der Waals surface area contributed by atoms with Crippen molar-refractivity contribution >= 4 is 17.2 Å². The fourth-order valence-corrected chi connectivity index (χ4v) is 1.90. The first-order chi connectivity index (χ1) is 9.08. The summed E-state index contributed by atoms with van der Waals surface area (Å²) < 4.78 is 5.83. The van der Waals surface area contributed by atoms with Crippen molar-refractivity contribution in [3.8, 4) is 11.5 Å². The Kier molecular flexibility index (Phi) is 4.12. The van der Waals surface area contributed by atoms with Crippen molar-refractivity contribution in [1.82, 2.24) is 4.98 Å². The highest BCUT2D eigenvalue weighted by Gasteiger charge is 2.08. The summed E-state index contributed by atoms with van der Waals surface area (Å²) in [6.07, 6.45) is 3.27. The van der Waals surface area contributed by atoms with Crippen LogP contribution in [0.2, 0.25) is 0 Å². The van der Waals surface area contributed by atoms with Gasteiger partial charge in [-0.05, 0) is 29.7 Å². The van der Waals surface area contributed by atoms with Gasteiger partial charge in [-0.25, -0.2) is 0 Å². The Morgan fingerprint density at radius 3 is 2.79 bits per heavy atom. The van der Waals surface area contributed by atoms with Crippen molar-refractivity contribution in [2.45, 2.75) is 19.8 Å². The number of benzene rings is 1. The van der Waals surface area contributed by atoms with Crippen LogP contribution < -0.4 is 10.5 Å². The molecule has 2 rings (SSSR count). The molecule has 0 saturated carbocycles. The van der Waals surface area contributed by atoms with Gasteiger partial charge in [0.1, 0.15) is 10.7 Å². The molecule has 0 fully saturated rings. The molecule has 0 atom stereocenters. The predicted octanol–water partition coefficient (Wildman–Crippen LogP) is 3.63. The first-order valence-electron chi connectivity index (χ1n) is 6.09. The van der Waals surface area contributed by atoms with Gasteiger partial charge < -0.3 is 10.5 Å². The van der Waals surface area contributed by atoms with Gasteiger partial charge in [-0.2, -0.15) is 0 Å². The quantitative estimate of drug-likeness (QED) is 0.863. The van der Waals surface area contributed by atoms with Crippen LogP contribution in [-0.4, -0.2) is 9.97 Å². The minimum Gasteiger partial charge on any atom is -0.455 e. The molecule has 0 saturated heterocycles. The third-order valence-corrected chi connectivity index (χ3v) is 3.02. The Morgan fingerprint density at radius 2 is 2.11 bits per heavy atom. The molecule has 4 heteroatoms. The molecule has 1 heterocycles. The van der Waals surface area contributed by atoms with E-state index in [0.717, 1.165) is 5.75 Å². The summed E-state index contributed by atoms with van der Waals surface area (Å²) in [5.74, 6) is 1.79. The van der Waals surface area contributed by atoms with E-state index in [1.54, 1.807) is 18.5 Å². The third kappa shape index (κ3) is 3.29. The SMILES string of the molecule is CC(C)c1cccc(Oc2cnccc2C(N)=S)c1. The van der Waals surface area contributed by atoms with Crippen LogP contribution in [-0.2, 0) is 0 Å². The molecule has 98 valence electrons.